The fraction of sp³-hybridized carbons (Fsp3) is 1.00. The molecule has 0 saturated heterocycles. The lowest BCUT2D eigenvalue weighted by atomic mass is 11.3. The lowest BCUT2D eigenvalue weighted by Crippen LogP contribution is -2.40. The van der Waals surface area contributed by atoms with Gasteiger partial charge in [0.25, 0.3) is 0 Å². The third-order valence-electron chi connectivity index (χ3n) is 0.559. The van der Waals surface area contributed by atoms with Crippen molar-refractivity contribution in [1.82, 2.24) is 0 Å². The number of nitrogens with two attached hydrogens (primary N) is 1. The molecule has 0 saturated carbocycles. The van der Waals surface area contributed by atoms with E-state index in [1.807, 2.05) is 0 Å². The second kappa shape index (κ2) is 2.78. The number of rotatable bonds is 3. The Labute approximate surface area is 56.8 Å². The van der Waals surface area contributed by atoms with Gasteiger partial charge in [-0.1, -0.05) is 0 Å². The van der Waals surface area contributed by atoms with Crippen molar-refractivity contribution in [3.05, 3.63) is 0 Å². The van der Waals surface area contributed by atoms with Crippen LogP contribution in [0.25, 0.3) is 0 Å². The Hall–Kier alpha value is -0.250. The molecule has 8 heteroatoms. The maximum Gasteiger partial charge on any atom is 0.411 e. The minimum Gasteiger partial charge on any atom is -0.329 e. The molecule has 0 bridgehead atoms. The minimum atomic E-state index is -4.81. The van der Waals surface area contributed by atoms with E-state index < -0.39 is 22.2 Å². The van der Waals surface area contributed by atoms with Crippen molar-refractivity contribution >= 4 is 10.1 Å². The molecule has 0 amide bonds. The van der Waals surface area contributed by atoms with Gasteiger partial charge in [0.15, 0.2) is 0 Å². The predicted molar refractivity (Wildman–Crippen MR) is 28.4 cm³/mol. The molecule has 0 unspecified atom stereocenters. The second-order valence-corrected chi connectivity index (χ2v) is 3.00. The summed E-state index contributed by atoms with van der Waals surface area (Å²) in [7, 11) is -4.81. The Kier molecular flexibility index (Phi) is 2.71. The van der Waals surface area contributed by atoms with E-state index >= 15 is 0 Å². The van der Waals surface area contributed by atoms with Crippen molar-refractivity contribution in [3.63, 3.8) is 0 Å². The summed E-state index contributed by atoms with van der Waals surface area (Å²) in [5.41, 5.74) is 4.58. The normalized spacial score (nSPS) is 13.6. The van der Waals surface area contributed by atoms with Crippen LogP contribution in [-0.2, 0) is 14.3 Å². The molecule has 0 aromatic heterocycles. The van der Waals surface area contributed by atoms with Crippen LogP contribution in [0.4, 0.5) is 0 Å². The highest BCUT2D eigenvalue weighted by Crippen LogP contribution is 2.06. The number of aliphatic hydroxyl groups is 3. The van der Waals surface area contributed by atoms with E-state index in [0.717, 1.165) is 0 Å². The lowest BCUT2D eigenvalue weighted by Gasteiger charge is -2.12. The van der Waals surface area contributed by atoms with Crippen molar-refractivity contribution in [2.45, 2.75) is 5.31 Å². The average Bonchev–Trinajstić information content (AvgIpc) is 1.61. The molecule has 62 valence electrons. The first-order valence-electron chi connectivity index (χ1n) is 2.07. The molecule has 0 aliphatic heterocycles. The van der Waals surface area contributed by atoms with Gasteiger partial charge < -0.3 is 21.1 Å². The van der Waals surface area contributed by atoms with Crippen LogP contribution < -0.4 is 5.73 Å². The van der Waals surface area contributed by atoms with Crippen LogP contribution in [0.3, 0.4) is 0 Å². The lowest BCUT2D eigenvalue weighted by molar-refractivity contribution is -0.246. The molecule has 5 N–H and O–H groups in total. The molecule has 0 aliphatic rings. The summed E-state index contributed by atoms with van der Waals surface area (Å²) >= 11 is 0. The first-order chi connectivity index (χ1) is 4.31. The molecule has 0 aliphatic carbocycles. The van der Waals surface area contributed by atoms with Crippen molar-refractivity contribution in [2.75, 3.05) is 6.73 Å². The van der Waals surface area contributed by atoms with Crippen LogP contribution in [0.1, 0.15) is 0 Å². The van der Waals surface area contributed by atoms with Crippen LogP contribution in [0.5, 0.6) is 0 Å². The van der Waals surface area contributed by atoms with Gasteiger partial charge in [-0.3, -0.25) is 0 Å². The van der Waals surface area contributed by atoms with E-state index in [4.69, 9.17) is 15.3 Å². The van der Waals surface area contributed by atoms with Crippen molar-refractivity contribution in [3.8, 4) is 0 Å². The maximum atomic E-state index is 10.2. The highest BCUT2D eigenvalue weighted by molar-refractivity contribution is 7.87. The van der Waals surface area contributed by atoms with Crippen molar-refractivity contribution in [1.29, 1.82) is 0 Å². The van der Waals surface area contributed by atoms with E-state index in [0.29, 0.717) is 0 Å². The molecule has 7 nitrogen and oxygen atoms in total. The fourth-order valence-electron chi connectivity index (χ4n) is 0.169. The molecule has 0 atom stereocenters. The summed E-state index contributed by atoms with van der Waals surface area (Å²) in [6.07, 6.45) is 0. The van der Waals surface area contributed by atoms with Crippen LogP contribution in [-0.4, -0.2) is 35.8 Å². The zero-order valence-electron chi connectivity index (χ0n) is 4.76. The van der Waals surface area contributed by atoms with Gasteiger partial charge in [-0.15, -0.1) is 0 Å². The van der Waals surface area contributed by atoms with Crippen LogP contribution in [0.2, 0.25) is 0 Å². The molecular formula is C2H7NO6S. The van der Waals surface area contributed by atoms with Gasteiger partial charge in [-0.2, -0.15) is 8.42 Å². The van der Waals surface area contributed by atoms with Crippen molar-refractivity contribution in [2.24, 2.45) is 5.73 Å². The molecular weight excluding hydrogens is 166 g/mol. The van der Waals surface area contributed by atoms with E-state index in [2.05, 4.69) is 9.92 Å². The monoisotopic (exact) mass is 173 g/mol. The Morgan fingerprint density at radius 1 is 1.40 bits per heavy atom. The summed E-state index contributed by atoms with van der Waals surface area (Å²) in [6.45, 7) is -0.772. The SMILES string of the molecule is NCOS(=O)(=O)C(O)(O)O. The molecule has 0 aromatic rings. The van der Waals surface area contributed by atoms with Crippen molar-refractivity contribution < 1.29 is 27.9 Å². The summed E-state index contributed by atoms with van der Waals surface area (Å²) in [5, 5.41) is 20.2. The van der Waals surface area contributed by atoms with Crippen LogP contribution >= 0.6 is 0 Å². The number of hydrogen-bond acceptors (Lipinski definition) is 7. The molecule has 0 radical (unpaired) electrons. The molecule has 0 fully saturated rings. The zero-order valence-corrected chi connectivity index (χ0v) is 5.58. The standard InChI is InChI=1S/C2H7NO6S/c3-1-9-10(7,8)2(4,5)6/h4-6H,1,3H2. The zero-order chi connectivity index (χ0) is 8.41. The van der Waals surface area contributed by atoms with Gasteiger partial charge in [0.2, 0.25) is 0 Å². The smallest absolute Gasteiger partial charge is 0.329 e. The maximum absolute atomic E-state index is 10.2. The van der Waals surface area contributed by atoms with E-state index in [-0.39, 0.29) is 0 Å². The van der Waals surface area contributed by atoms with E-state index in [9.17, 15) is 8.42 Å². The topological polar surface area (TPSA) is 130 Å². The van der Waals surface area contributed by atoms with E-state index in [1.165, 1.54) is 0 Å². The average molecular weight is 173 g/mol. The molecule has 0 rings (SSSR count). The molecule has 0 aromatic carbocycles. The Balaban J connectivity index is 4.44. The number of hydrogen-bond donors (Lipinski definition) is 4. The second-order valence-electron chi connectivity index (χ2n) is 1.31. The van der Waals surface area contributed by atoms with Gasteiger partial charge in [0.1, 0.15) is 6.73 Å². The summed E-state index contributed by atoms with van der Waals surface area (Å²) in [4.78, 5) is 0. The van der Waals surface area contributed by atoms with Gasteiger partial charge in [-0.25, -0.2) is 4.18 Å². The third-order valence-corrected chi connectivity index (χ3v) is 1.68. The first-order valence-corrected chi connectivity index (χ1v) is 3.48. The fourth-order valence-corrected chi connectivity index (χ4v) is 0.506. The molecule has 0 heterocycles. The van der Waals surface area contributed by atoms with E-state index in [1.54, 1.807) is 0 Å². The largest absolute Gasteiger partial charge is 0.411 e. The minimum absolute atomic E-state index is 0.772. The van der Waals surface area contributed by atoms with Gasteiger partial charge in [-0.05, 0) is 0 Å². The Morgan fingerprint density at radius 2 is 1.80 bits per heavy atom. The Morgan fingerprint density at radius 3 is 1.90 bits per heavy atom. The van der Waals surface area contributed by atoms with Crippen LogP contribution in [0, 0.1) is 0 Å². The van der Waals surface area contributed by atoms with Gasteiger partial charge in [0.05, 0.1) is 0 Å². The highest BCUT2D eigenvalue weighted by Gasteiger charge is 2.38. The summed E-state index contributed by atoms with van der Waals surface area (Å²) in [6, 6.07) is 0. The predicted octanol–water partition coefficient (Wildman–Crippen LogP) is -3.16. The molecule has 0 spiro atoms. The molecule has 10 heavy (non-hydrogen) atoms. The highest BCUT2D eigenvalue weighted by atomic mass is 32.2. The third kappa shape index (κ3) is 2.17. The van der Waals surface area contributed by atoms with Crippen LogP contribution in [0.15, 0.2) is 0 Å². The summed E-state index contributed by atoms with van der Waals surface area (Å²) in [5.74, 6) is 0. The van der Waals surface area contributed by atoms with Gasteiger partial charge >= 0.3 is 15.4 Å². The summed E-state index contributed by atoms with van der Waals surface area (Å²) < 4.78 is 24.0. The quantitative estimate of drug-likeness (QED) is 0.261. The van der Waals surface area contributed by atoms with Gasteiger partial charge in [0, 0.05) is 0 Å². The first kappa shape index (κ1) is 9.75. The Bertz CT molecular complexity index is 188.